The van der Waals surface area contributed by atoms with Crippen LogP contribution < -0.4 is 5.32 Å². The van der Waals surface area contributed by atoms with Crippen molar-refractivity contribution < 1.29 is 27.4 Å². The van der Waals surface area contributed by atoms with Crippen molar-refractivity contribution in [3.05, 3.63) is 34.3 Å². The fraction of sp³-hybridized carbons (Fsp3) is 0.588. The highest BCUT2D eigenvalue weighted by Crippen LogP contribution is 2.34. The molecule has 25 heavy (non-hydrogen) atoms. The van der Waals surface area contributed by atoms with Crippen LogP contribution in [0.5, 0.6) is 0 Å². The summed E-state index contributed by atoms with van der Waals surface area (Å²) in [6, 6.07) is 2.89. The van der Waals surface area contributed by atoms with Gasteiger partial charge in [0.15, 0.2) is 0 Å². The summed E-state index contributed by atoms with van der Waals surface area (Å²) in [6.07, 6.45) is -4.65. The topological polar surface area (TPSA) is 38.3 Å². The maximum absolute atomic E-state index is 13.5. The van der Waals surface area contributed by atoms with Crippen LogP contribution in [0.1, 0.15) is 45.7 Å². The average Bonchev–Trinajstić information content (AvgIpc) is 2.42. The fourth-order valence-corrected chi connectivity index (χ4v) is 2.52. The van der Waals surface area contributed by atoms with Crippen LogP contribution in [0.4, 0.5) is 17.9 Å². The van der Waals surface area contributed by atoms with Crippen molar-refractivity contribution in [2.45, 2.75) is 58.5 Å². The molecule has 0 spiro atoms. The van der Waals surface area contributed by atoms with Gasteiger partial charge >= 0.3 is 12.1 Å². The third-order valence-corrected chi connectivity index (χ3v) is 3.77. The second-order valence-corrected chi connectivity index (χ2v) is 7.28. The van der Waals surface area contributed by atoms with Crippen molar-refractivity contribution in [2.75, 3.05) is 0 Å². The van der Waals surface area contributed by atoms with Crippen molar-refractivity contribution >= 4 is 21.9 Å². The Kier molecular flexibility index (Phi) is 9.64. The van der Waals surface area contributed by atoms with Gasteiger partial charge in [-0.1, -0.05) is 41.9 Å². The van der Waals surface area contributed by atoms with Crippen LogP contribution in [0.15, 0.2) is 28.7 Å². The molecular weight excluding hydrogens is 406 g/mol. The minimum absolute atomic E-state index is 0. The maximum Gasteiger partial charge on any atom is 0.407 e. The van der Waals surface area contributed by atoms with Crippen LogP contribution in [0, 0.1) is 5.92 Å². The van der Waals surface area contributed by atoms with E-state index in [1.807, 2.05) is 13.8 Å². The quantitative estimate of drug-likeness (QED) is 0.480. The predicted molar refractivity (Wildman–Crippen MR) is 93.0 cm³/mol. The monoisotopic (exact) mass is 429 g/mol. The van der Waals surface area contributed by atoms with E-state index in [0.29, 0.717) is 4.47 Å². The number of esters is 1. The fourth-order valence-electron chi connectivity index (χ4n) is 2.25. The molecule has 2 atom stereocenters. The van der Waals surface area contributed by atoms with Crippen LogP contribution in [-0.2, 0) is 9.53 Å². The zero-order chi connectivity index (χ0) is 18.5. The molecule has 0 bridgehead atoms. The molecule has 1 aromatic carbocycles. The molecule has 1 rings (SSSR count). The Morgan fingerprint density at radius 3 is 2.08 bits per heavy atom. The molecule has 0 saturated heterocycles. The number of ether oxygens (including phenoxy) is 1. The highest BCUT2D eigenvalue weighted by molar-refractivity contribution is 9.10. The van der Waals surface area contributed by atoms with Crippen LogP contribution in [0.2, 0.25) is 0 Å². The van der Waals surface area contributed by atoms with E-state index in [1.165, 1.54) is 12.1 Å². The Balaban J connectivity index is 0.00000576. The van der Waals surface area contributed by atoms with E-state index in [9.17, 15) is 18.0 Å². The average molecular weight is 430 g/mol. The predicted octanol–water partition coefficient (Wildman–Crippen LogP) is 5.16. The second kappa shape index (κ2) is 10.1. The molecule has 0 heterocycles. The molecular formula is C17H24BrF4NO2. The Labute approximate surface area is 153 Å². The number of rotatable bonds is 7. The number of hydrogen-bond donors (Lipinski definition) is 1. The van der Waals surface area contributed by atoms with E-state index < -0.39 is 24.2 Å². The van der Waals surface area contributed by atoms with Gasteiger partial charge in [0, 0.05) is 4.47 Å². The summed E-state index contributed by atoms with van der Waals surface area (Å²) in [5, 5.41) is 2.45. The molecule has 3 nitrogen and oxygen atoms in total. The molecule has 144 valence electrons. The van der Waals surface area contributed by atoms with Crippen molar-refractivity contribution in [2.24, 2.45) is 5.92 Å². The summed E-state index contributed by atoms with van der Waals surface area (Å²) in [4.78, 5) is 12.2. The smallest absolute Gasteiger partial charge is 0.407 e. The lowest BCUT2D eigenvalue weighted by Crippen LogP contribution is -2.46. The van der Waals surface area contributed by atoms with E-state index >= 15 is 0 Å². The maximum atomic E-state index is 13.5. The van der Waals surface area contributed by atoms with Gasteiger partial charge in [0.2, 0.25) is 0 Å². The normalized spacial score (nSPS) is 14.2. The lowest BCUT2D eigenvalue weighted by atomic mass is 10.00. The zero-order valence-corrected chi connectivity index (χ0v) is 16.1. The van der Waals surface area contributed by atoms with E-state index in [0.717, 1.165) is 0 Å². The highest BCUT2D eigenvalue weighted by Gasteiger charge is 2.43. The molecule has 8 heteroatoms. The minimum Gasteiger partial charge on any atom is -0.462 e. The number of hydrogen-bond acceptors (Lipinski definition) is 3. The van der Waals surface area contributed by atoms with Crippen LogP contribution in [0.3, 0.4) is 0 Å². The summed E-state index contributed by atoms with van der Waals surface area (Å²) < 4.78 is 46.3. The van der Waals surface area contributed by atoms with Crippen molar-refractivity contribution in [1.82, 2.24) is 5.32 Å². The van der Waals surface area contributed by atoms with Gasteiger partial charge in [-0.05, 0) is 43.9 Å². The Morgan fingerprint density at radius 2 is 1.68 bits per heavy atom. The summed E-state index contributed by atoms with van der Waals surface area (Å²) in [5.74, 6) is -0.619. The van der Waals surface area contributed by atoms with E-state index in [-0.39, 0.29) is 28.7 Å². The third kappa shape index (κ3) is 8.18. The number of benzene rings is 1. The van der Waals surface area contributed by atoms with E-state index in [4.69, 9.17) is 4.74 Å². The highest BCUT2D eigenvalue weighted by atomic mass is 79.9. The van der Waals surface area contributed by atoms with Crippen molar-refractivity contribution in [3.8, 4) is 0 Å². The molecule has 0 fully saturated rings. The number of alkyl halides is 3. The first-order valence-corrected chi connectivity index (χ1v) is 8.58. The van der Waals surface area contributed by atoms with E-state index in [1.54, 1.807) is 26.0 Å². The van der Waals surface area contributed by atoms with Crippen LogP contribution >= 0.6 is 15.9 Å². The van der Waals surface area contributed by atoms with Gasteiger partial charge in [0.25, 0.3) is 0 Å². The van der Waals surface area contributed by atoms with Crippen LogP contribution in [0.25, 0.3) is 0 Å². The molecule has 0 aromatic heterocycles. The summed E-state index contributed by atoms with van der Waals surface area (Å²) in [6.45, 7) is 7.03. The molecule has 1 aromatic rings. The molecule has 0 radical (unpaired) electrons. The molecule has 0 aliphatic carbocycles. The first-order chi connectivity index (χ1) is 11.0. The van der Waals surface area contributed by atoms with Gasteiger partial charge in [0.1, 0.15) is 12.1 Å². The van der Waals surface area contributed by atoms with Gasteiger partial charge in [-0.2, -0.15) is 13.2 Å². The SMILES string of the molecule is CC(C)C[C@H](N[C@@H](c1ccc(Br)cc1)C(F)(F)F)C(=O)OC(C)C.F. The van der Waals surface area contributed by atoms with Gasteiger partial charge in [0.05, 0.1) is 6.10 Å². The second-order valence-electron chi connectivity index (χ2n) is 6.36. The van der Waals surface area contributed by atoms with E-state index in [2.05, 4.69) is 21.2 Å². The van der Waals surface area contributed by atoms with Crippen molar-refractivity contribution in [3.63, 3.8) is 0 Å². The Hall–Kier alpha value is -1.15. The first-order valence-electron chi connectivity index (χ1n) is 7.79. The standard InChI is InChI=1S/C17H23BrF3NO2.FH/c1-10(2)9-14(16(23)24-11(3)4)22-15(17(19,20)21)12-5-7-13(18)8-6-12;/h5-8,10-11,14-15,22H,9H2,1-4H3;1H/t14-,15-;/m0./s1. The zero-order valence-electron chi connectivity index (χ0n) is 14.6. The molecule has 1 N–H and O–H groups in total. The number of nitrogens with one attached hydrogen (secondary N) is 1. The van der Waals surface area contributed by atoms with Gasteiger partial charge < -0.3 is 4.74 Å². The van der Waals surface area contributed by atoms with Gasteiger partial charge in [-0.3, -0.25) is 14.8 Å². The minimum atomic E-state index is -4.53. The molecule has 0 aliphatic heterocycles. The molecule has 0 saturated carbocycles. The Bertz CT molecular complexity index is 532. The lowest BCUT2D eigenvalue weighted by molar-refractivity contribution is -0.166. The summed E-state index contributed by atoms with van der Waals surface area (Å²) in [7, 11) is 0. The van der Waals surface area contributed by atoms with Gasteiger partial charge in [-0.25, -0.2) is 0 Å². The molecule has 0 amide bonds. The number of halogens is 5. The Morgan fingerprint density at radius 1 is 1.16 bits per heavy atom. The summed E-state index contributed by atoms with van der Waals surface area (Å²) >= 11 is 3.20. The van der Waals surface area contributed by atoms with Gasteiger partial charge in [-0.15, -0.1) is 0 Å². The number of carbonyl (C=O) groups excluding carboxylic acids is 1. The first kappa shape index (κ1) is 23.9. The largest absolute Gasteiger partial charge is 0.462 e. The van der Waals surface area contributed by atoms with Crippen LogP contribution in [-0.4, -0.2) is 24.3 Å². The number of carbonyl (C=O) groups is 1. The van der Waals surface area contributed by atoms with Crippen molar-refractivity contribution in [1.29, 1.82) is 0 Å². The third-order valence-electron chi connectivity index (χ3n) is 3.24. The molecule has 0 unspecified atom stereocenters. The lowest BCUT2D eigenvalue weighted by Gasteiger charge is -2.28. The molecule has 0 aliphatic rings. The summed E-state index contributed by atoms with van der Waals surface area (Å²) in [5.41, 5.74) is 0.0526.